The topological polar surface area (TPSA) is 133 Å². The highest BCUT2D eigenvalue weighted by Crippen LogP contribution is 2.38. The Morgan fingerprint density at radius 2 is 2.08 bits per heavy atom. The molecular weight excluding hydrogens is 614 g/mol. The van der Waals surface area contributed by atoms with E-state index in [9.17, 15) is 24.8 Å². The molecule has 10 nitrogen and oxygen atoms in total. The van der Waals surface area contributed by atoms with Crippen LogP contribution in [0.3, 0.4) is 0 Å². The number of fused-ring (bicyclic) bond motifs is 1. The van der Waals surface area contributed by atoms with E-state index >= 15 is 0 Å². The number of aromatic nitrogens is 1. The number of phenolic OH excluding ortho intramolecular Hbond substituents is 1. The van der Waals surface area contributed by atoms with Gasteiger partial charge in [-0.2, -0.15) is 0 Å². The molecule has 0 bridgehead atoms. The maximum Gasteiger partial charge on any atom is 0.338 e. The van der Waals surface area contributed by atoms with Crippen LogP contribution < -0.4 is 19.6 Å². The van der Waals surface area contributed by atoms with Gasteiger partial charge in [0, 0.05) is 28.3 Å². The third-order valence-electron chi connectivity index (χ3n) is 5.95. The summed E-state index contributed by atoms with van der Waals surface area (Å²) in [6.45, 7) is 3.75. The van der Waals surface area contributed by atoms with Crippen LogP contribution in [0.25, 0.3) is 6.08 Å². The zero-order chi connectivity index (χ0) is 28.4. The zero-order valence-corrected chi connectivity index (χ0v) is 24.2. The van der Waals surface area contributed by atoms with Crippen molar-refractivity contribution < 1.29 is 24.3 Å². The molecule has 0 fully saturated rings. The molecule has 204 valence electrons. The number of esters is 1. The second-order valence-corrected chi connectivity index (χ2v) is 10.7. The van der Waals surface area contributed by atoms with Gasteiger partial charge in [0.25, 0.3) is 11.2 Å². The largest absolute Gasteiger partial charge is 0.506 e. The third kappa shape index (κ3) is 5.49. The van der Waals surface area contributed by atoms with Gasteiger partial charge in [0.05, 0.1) is 38.9 Å². The van der Waals surface area contributed by atoms with Crippen LogP contribution in [0.4, 0.5) is 5.69 Å². The second kappa shape index (κ2) is 11.7. The number of nitro groups is 1. The predicted molar refractivity (Wildman–Crippen MR) is 150 cm³/mol. The van der Waals surface area contributed by atoms with Crippen molar-refractivity contribution in [2.24, 2.45) is 4.99 Å². The standard InChI is InChI=1S/C26H23BrClN3O7S/c1-4-6-18-21(25(34)38-5-2)22(16-11-14(28)7-8-19(16)37-3)30-24(33)20(39-26(30)29-18)10-13-9-15(31(35)36)12-17(27)23(13)32/h7-12,22,32H,4-6H2,1-3H3/b20-10+/t22-/m1/s1. The highest BCUT2D eigenvalue weighted by Gasteiger charge is 2.36. The first-order valence-corrected chi connectivity index (χ1v) is 13.8. The quantitative estimate of drug-likeness (QED) is 0.217. The molecule has 3 aromatic rings. The molecule has 0 unspecified atom stereocenters. The van der Waals surface area contributed by atoms with E-state index in [2.05, 4.69) is 20.9 Å². The van der Waals surface area contributed by atoms with Gasteiger partial charge >= 0.3 is 5.97 Å². The number of hydrogen-bond acceptors (Lipinski definition) is 9. The number of methoxy groups -OCH3 is 1. The van der Waals surface area contributed by atoms with Crippen LogP contribution in [0.5, 0.6) is 11.5 Å². The first-order chi connectivity index (χ1) is 18.6. The first-order valence-electron chi connectivity index (χ1n) is 11.8. The van der Waals surface area contributed by atoms with Gasteiger partial charge in [0.2, 0.25) is 0 Å². The number of halogens is 2. The van der Waals surface area contributed by atoms with Crippen LogP contribution in [0.2, 0.25) is 5.02 Å². The van der Waals surface area contributed by atoms with E-state index in [1.54, 1.807) is 25.1 Å². The van der Waals surface area contributed by atoms with E-state index in [-0.39, 0.29) is 38.2 Å². The van der Waals surface area contributed by atoms with E-state index in [0.717, 1.165) is 11.3 Å². The minimum absolute atomic E-state index is 0.0663. The number of benzene rings is 2. The Morgan fingerprint density at radius 3 is 2.72 bits per heavy atom. The number of phenols is 1. The maximum absolute atomic E-state index is 13.9. The Balaban J connectivity index is 2.07. The lowest BCUT2D eigenvalue weighted by molar-refractivity contribution is -0.385. The summed E-state index contributed by atoms with van der Waals surface area (Å²) in [5.74, 6) is -0.483. The van der Waals surface area contributed by atoms with Crippen LogP contribution in [-0.2, 0) is 9.53 Å². The minimum Gasteiger partial charge on any atom is -0.506 e. The van der Waals surface area contributed by atoms with Gasteiger partial charge in [-0.25, -0.2) is 9.79 Å². The number of non-ortho nitro benzene ring substituents is 1. The Labute approximate surface area is 239 Å². The van der Waals surface area contributed by atoms with Crippen molar-refractivity contribution in [1.82, 2.24) is 4.57 Å². The number of aromatic hydroxyl groups is 1. The molecule has 2 aromatic carbocycles. The summed E-state index contributed by atoms with van der Waals surface area (Å²) in [5, 5.41) is 22.3. The maximum atomic E-state index is 13.9. The summed E-state index contributed by atoms with van der Waals surface area (Å²) in [7, 11) is 1.47. The minimum atomic E-state index is -0.969. The number of thiazole rings is 1. The number of carbonyl (C=O) groups is 1. The molecule has 1 aliphatic heterocycles. The number of nitro benzene ring substituents is 1. The van der Waals surface area contributed by atoms with Gasteiger partial charge in [0.15, 0.2) is 4.80 Å². The van der Waals surface area contributed by atoms with E-state index in [4.69, 9.17) is 21.1 Å². The van der Waals surface area contributed by atoms with Crippen LogP contribution in [0.1, 0.15) is 43.9 Å². The monoisotopic (exact) mass is 635 g/mol. The van der Waals surface area contributed by atoms with Gasteiger partial charge in [-0.3, -0.25) is 19.5 Å². The fraction of sp³-hybridized carbons (Fsp3) is 0.269. The predicted octanol–water partition coefficient (Wildman–Crippen LogP) is 4.62. The van der Waals surface area contributed by atoms with E-state index < -0.39 is 22.5 Å². The number of allylic oxidation sites excluding steroid dienone is 1. The number of rotatable bonds is 8. The SMILES string of the molecule is CCCC1=C(C(=O)OCC)[C@@H](c2cc(Cl)ccc2OC)n2c(s/c(=C/c3cc([N+](=O)[O-])cc(Br)c3O)c2=O)=N1. The van der Waals surface area contributed by atoms with Gasteiger partial charge in [-0.05, 0) is 53.5 Å². The van der Waals surface area contributed by atoms with Crippen molar-refractivity contribution in [3.05, 3.63) is 92.0 Å². The molecule has 39 heavy (non-hydrogen) atoms. The molecule has 1 aromatic heterocycles. The number of ether oxygens (including phenoxy) is 2. The molecule has 0 radical (unpaired) electrons. The van der Waals surface area contributed by atoms with Crippen molar-refractivity contribution in [3.8, 4) is 11.5 Å². The molecule has 0 saturated heterocycles. The molecule has 13 heteroatoms. The molecule has 1 N–H and O–H groups in total. The first kappa shape index (κ1) is 28.5. The summed E-state index contributed by atoms with van der Waals surface area (Å²) in [6, 6.07) is 6.28. The Morgan fingerprint density at radius 1 is 1.33 bits per heavy atom. The Hall–Kier alpha value is -3.48. The van der Waals surface area contributed by atoms with Crippen LogP contribution in [0, 0.1) is 10.1 Å². The lowest BCUT2D eigenvalue weighted by Crippen LogP contribution is -2.40. The van der Waals surface area contributed by atoms with Crippen LogP contribution >= 0.6 is 38.9 Å². The fourth-order valence-electron chi connectivity index (χ4n) is 4.30. The molecular formula is C26H23BrClN3O7S. The van der Waals surface area contributed by atoms with Crippen molar-refractivity contribution >= 4 is 56.6 Å². The molecule has 1 atom stereocenters. The molecule has 0 amide bonds. The Kier molecular flexibility index (Phi) is 8.57. The second-order valence-electron chi connectivity index (χ2n) is 8.42. The van der Waals surface area contributed by atoms with E-state index in [1.807, 2.05) is 6.92 Å². The van der Waals surface area contributed by atoms with Crippen molar-refractivity contribution in [2.45, 2.75) is 32.7 Å². The molecule has 4 rings (SSSR count). The Bertz CT molecular complexity index is 1700. The van der Waals surface area contributed by atoms with Crippen molar-refractivity contribution in [1.29, 1.82) is 0 Å². The van der Waals surface area contributed by atoms with Gasteiger partial charge < -0.3 is 14.6 Å². The fourth-order valence-corrected chi connectivity index (χ4v) is 5.95. The third-order valence-corrected chi connectivity index (χ3v) is 7.78. The zero-order valence-electron chi connectivity index (χ0n) is 21.1. The van der Waals surface area contributed by atoms with Gasteiger partial charge in [-0.15, -0.1) is 0 Å². The van der Waals surface area contributed by atoms with Gasteiger partial charge in [-0.1, -0.05) is 36.3 Å². The summed E-state index contributed by atoms with van der Waals surface area (Å²) >= 11 is 10.5. The highest BCUT2D eigenvalue weighted by atomic mass is 79.9. The summed E-state index contributed by atoms with van der Waals surface area (Å²) < 4.78 is 12.6. The number of carbonyl (C=O) groups excluding carboxylic acids is 1. The number of nitrogens with zero attached hydrogens (tertiary/aromatic N) is 3. The average molecular weight is 637 g/mol. The molecule has 0 saturated carbocycles. The molecule has 1 aliphatic rings. The molecule has 0 aliphatic carbocycles. The lowest BCUT2D eigenvalue weighted by atomic mass is 9.93. The smallest absolute Gasteiger partial charge is 0.338 e. The van der Waals surface area contributed by atoms with Crippen molar-refractivity contribution in [2.75, 3.05) is 13.7 Å². The molecule has 2 heterocycles. The summed E-state index contributed by atoms with van der Waals surface area (Å²) in [6.07, 6.45) is 2.47. The van der Waals surface area contributed by atoms with E-state index in [1.165, 1.54) is 29.9 Å². The highest BCUT2D eigenvalue weighted by molar-refractivity contribution is 9.10. The summed E-state index contributed by atoms with van der Waals surface area (Å²) in [5.41, 5.74) is 0.401. The normalized spacial score (nSPS) is 15.1. The van der Waals surface area contributed by atoms with Crippen LogP contribution in [-0.4, -0.2) is 34.3 Å². The lowest BCUT2D eigenvalue weighted by Gasteiger charge is -2.27. The van der Waals surface area contributed by atoms with Crippen molar-refractivity contribution in [3.63, 3.8) is 0 Å². The van der Waals surface area contributed by atoms with Crippen LogP contribution in [0.15, 0.2) is 55.9 Å². The molecule has 0 spiro atoms. The summed E-state index contributed by atoms with van der Waals surface area (Å²) in [4.78, 5) is 43.0. The van der Waals surface area contributed by atoms with E-state index in [0.29, 0.717) is 39.7 Å². The average Bonchev–Trinajstić information content (AvgIpc) is 3.20. The number of hydrogen-bond donors (Lipinski definition) is 1. The van der Waals surface area contributed by atoms with Gasteiger partial charge in [0.1, 0.15) is 17.5 Å².